The van der Waals surface area contributed by atoms with Crippen molar-refractivity contribution >= 4 is 6.03 Å². The lowest BCUT2D eigenvalue weighted by Gasteiger charge is -2.34. The van der Waals surface area contributed by atoms with E-state index in [1.807, 2.05) is 0 Å². The van der Waals surface area contributed by atoms with E-state index in [2.05, 4.69) is 24.3 Å². The number of nitrogens with zero attached hydrogens (tertiary/aromatic N) is 2. The van der Waals surface area contributed by atoms with Crippen LogP contribution in [-0.4, -0.2) is 67.3 Å². The number of rotatable bonds is 4. The molecule has 1 rings (SSSR count). The molecule has 1 aliphatic rings. The first-order valence-electron chi connectivity index (χ1n) is 6.33. The molecule has 0 aliphatic heterocycles. The number of aliphatic hydroxyl groups is 1. The summed E-state index contributed by atoms with van der Waals surface area (Å²) in [5.41, 5.74) is 0. The second-order valence-corrected chi connectivity index (χ2v) is 5.08. The molecule has 2 amide bonds. The van der Waals surface area contributed by atoms with E-state index in [0.717, 1.165) is 19.3 Å². The lowest BCUT2D eigenvalue weighted by Crippen LogP contribution is -2.48. The maximum absolute atomic E-state index is 11.8. The van der Waals surface area contributed by atoms with E-state index in [1.54, 1.807) is 7.05 Å². The number of carbonyl (C=O) groups is 1. The summed E-state index contributed by atoms with van der Waals surface area (Å²) in [7, 11) is 5.89. The van der Waals surface area contributed by atoms with Crippen molar-refractivity contribution in [2.75, 3.05) is 34.3 Å². The second-order valence-electron chi connectivity index (χ2n) is 5.08. The molecule has 2 unspecified atom stereocenters. The average molecular weight is 243 g/mol. The van der Waals surface area contributed by atoms with Crippen LogP contribution in [0.4, 0.5) is 4.79 Å². The summed E-state index contributed by atoms with van der Waals surface area (Å²) >= 11 is 0. The van der Waals surface area contributed by atoms with Gasteiger partial charge in [0.2, 0.25) is 0 Å². The molecule has 100 valence electrons. The number of urea groups is 1. The third-order valence-corrected chi connectivity index (χ3v) is 3.49. The maximum atomic E-state index is 11.8. The second kappa shape index (κ2) is 6.81. The van der Waals surface area contributed by atoms with E-state index >= 15 is 0 Å². The largest absolute Gasteiger partial charge is 0.395 e. The van der Waals surface area contributed by atoms with Gasteiger partial charge in [0.1, 0.15) is 0 Å². The molecule has 0 saturated heterocycles. The van der Waals surface area contributed by atoms with Gasteiger partial charge in [-0.15, -0.1) is 0 Å². The van der Waals surface area contributed by atoms with Crippen LogP contribution in [0.5, 0.6) is 0 Å². The Morgan fingerprint density at radius 3 is 2.65 bits per heavy atom. The third-order valence-electron chi connectivity index (χ3n) is 3.49. The van der Waals surface area contributed by atoms with Crippen molar-refractivity contribution in [2.24, 2.45) is 0 Å². The van der Waals surface area contributed by atoms with Gasteiger partial charge in [0.15, 0.2) is 0 Å². The number of aliphatic hydroxyl groups excluding tert-OH is 1. The van der Waals surface area contributed by atoms with Crippen molar-refractivity contribution in [3.63, 3.8) is 0 Å². The van der Waals surface area contributed by atoms with Crippen LogP contribution in [0.1, 0.15) is 25.7 Å². The Morgan fingerprint density at radius 1 is 1.35 bits per heavy atom. The van der Waals surface area contributed by atoms with E-state index in [-0.39, 0.29) is 18.7 Å². The van der Waals surface area contributed by atoms with Gasteiger partial charge in [0.25, 0.3) is 0 Å². The summed E-state index contributed by atoms with van der Waals surface area (Å²) in [5.74, 6) is 0. The summed E-state index contributed by atoms with van der Waals surface area (Å²) < 4.78 is 0. The number of nitrogens with one attached hydrogen (secondary N) is 1. The quantitative estimate of drug-likeness (QED) is 0.755. The van der Waals surface area contributed by atoms with Crippen LogP contribution in [0.25, 0.3) is 0 Å². The Hall–Kier alpha value is -0.810. The summed E-state index contributed by atoms with van der Waals surface area (Å²) in [6, 6.07) is 0.755. The van der Waals surface area contributed by atoms with Crippen LogP contribution in [0.2, 0.25) is 0 Å². The standard InChI is InChI=1S/C12H25N3O2/c1-14(2)11-6-4-5-10(9-11)13-12(17)15(3)7-8-16/h10-11,16H,4-9H2,1-3H3,(H,13,17). The fourth-order valence-electron chi connectivity index (χ4n) is 2.30. The van der Waals surface area contributed by atoms with Crippen LogP contribution in [0, 0.1) is 0 Å². The molecule has 0 spiro atoms. The van der Waals surface area contributed by atoms with Crippen molar-refractivity contribution in [3.05, 3.63) is 0 Å². The number of hydrogen-bond donors (Lipinski definition) is 2. The predicted molar refractivity (Wildman–Crippen MR) is 68.0 cm³/mol. The minimum absolute atomic E-state index is 0.00884. The lowest BCUT2D eigenvalue weighted by atomic mass is 9.90. The summed E-state index contributed by atoms with van der Waals surface area (Å²) in [5, 5.41) is 11.8. The molecule has 0 aromatic heterocycles. The first-order chi connectivity index (χ1) is 8.04. The number of amides is 2. The highest BCUT2D eigenvalue weighted by Gasteiger charge is 2.25. The van der Waals surface area contributed by atoms with Crippen LogP contribution in [0.3, 0.4) is 0 Å². The Kier molecular flexibility index (Phi) is 5.71. The number of likely N-dealkylation sites (N-methyl/N-ethyl adjacent to an activating group) is 1. The maximum Gasteiger partial charge on any atom is 0.317 e. The van der Waals surface area contributed by atoms with Crippen LogP contribution in [0.15, 0.2) is 0 Å². The van der Waals surface area contributed by atoms with Crippen LogP contribution in [-0.2, 0) is 0 Å². The van der Waals surface area contributed by atoms with E-state index in [1.165, 1.54) is 11.3 Å². The Labute approximate surface area is 104 Å². The minimum Gasteiger partial charge on any atom is -0.395 e. The van der Waals surface area contributed by atoms with Crippen molar-refractivity contribution in [1.29, 1.82) is 0 Å². The molecular formula is C12H25N3O2. The molecule has 0 aromatic carbocycles. The molecule has 2 atom stereocenters. The van der Waals surface area contributed by atoms with Gasteiger partial charge in [-0.05, 0) is 39.8 Å². The summed E-state index contributed by atoms with van der Waals surface area (Å²) in [6.45, 7) is 0.393. The normalized spacial score (nSPS) is 24.8. The third kappa shape index (κ3) is 4.52. The molecule has 0 radical (unpaired) electrons. The zero-order chi connectivity index (χ0) is 12.8. The lowest BCUT2D eigenvalue weighted by molar-refractivity contribution is 0.170. The molecule has 0 bridgehead atoms. The van der Waals surface area contributed by atoms with E-state index < -0.39 is 0 Å². The Balaban J connectivity index is 2.38. The fourth-order valence-corrected chi connectivity index (χ4v) is 2.30. The SMILES string of the molecule is CN(CCO)C(=O)NC1CCCC(N(C)C)C1. The smallest absolute Gasteiger partial charge is 0.317 e. The van der Waals surface area contributed by atoms with Crippen molar-refractivity contribution in [1.82, 2.24) is 15.1 Å². The zero-order valence-electron chi connectivity index (χ0n) is 11.1. The number of hydrogen-bond acceptors (Lipinski definition) is 3. The van der Waals surface area contributed by atoms with Gasteiger partial charge in [0.05, 0.1) is 6.61 Å². The molecule has 5 heteroatoms. The predicted octanol–water partition coefficient (Wildman–Crippen LogP) is 0.493. The van der Waals surface area contributed by atoms with Crippen molar-refractivity contribution in [2.45, 2.75) is 37.8 Å². The molecule has 0 aromatic rings. The molecule has 0 heterocycles. The van der Waals surface area contributed by atoms with Gasteiger partial charge in [0, 0.05) is 25.7 Å². The highest BCUT2D eigenvalue weighted by molar-refractivity contribution is 5.74. The highest BCUT2D eigenvalue weighted by atomic mass is 16.3. The molecule has 1 aliphatic carbocycles. The van der Waals surface area contributed by atoms with Crippen molar-refractivity contribution in [3.8, 4) is 0 Å². The molecular weight excluding hydrogens is 218 g/mol. The average Bonchev–Trinajstić information content (AvgIpc) is 2.29. The molecule has 2 N–H and O–H groups in total. The van der Waals surface area contributed by atoms with Crippen molar-refractivity contribution < 1.29 is 9.90 Å². The fraction of sp³-hybridized carbons (Fsp3) is 0.917. The monoisotopic (exact) mass is 243 g/mol. The van der Waals surface area contributed by atoms with Gasteiger partial charge in [-0.3, -0.25) is 0 Å². The van der Waals surface area contributed by atoms with Crippen LogP contribution < -0.4 is 5.32 Å². The summed E-state index contributed by atoms with van der Waals surface area (Å²) in [4.78, 5) is 15.5. The van der Waals surface area contributed by atoms with Gasteiger partial charge in [-0.2, -0.15) is 0 Å². The number of carbonyl (C=O) groups excluding carboxylic acids is 1. The van der Waals surface area contributed by atoms with Crippen LogP contribution >= 0.6 is 0 Å². The first kappa shape index (κ1) is 14.3. The van der Waals surface area contributed by atoms with E-state index in [9.17, 15) is 4.79 Å². The van der Waals surface area contributed by atoms with E-state index in [0.29, 0.717) is 12.6 Å². The first-order valence-corrected chi connectivity index (χ1v) is 6.33. The molecule has 1 fully saturated rings. The Bertz CT molecular complexity index is 246. The Morgan fingerprint density at radius 2 is 2.06 bits per heavy atom. The molecule has 5 nitrogen and oxygen atoms in total. The van der Waals surface area contributed by atoms with Gasteiger partial charge in [-0.25, -0.2) is 4.79 Å². The summed E-state index contributed by atoms with van der Waals surface area (Å²) in [6.07, 6.45) is 4.46. The molecule has 1 saturated carbocycles. The topological polar surface area (TPSA) is 55.8 Å². The van der Waals surface area contributed by atoms with Gasteiger partial charge in [-0.1, -0.05) is 0 Å². The van der Waals surface area contributed by atoms with E-state index in [4.69, 9.17) is 5.11 Å². The van der Waals surface area contributed by atoms with Gasteiger partial charge >= 0.3 is 6.03 Å². The molecule has 17 heavy (non-hydrogen) atoms. The van der Waals surface area contributed by atoms with Gasteiger partial charge < -0.3 is 20.2 Å². The zero-order valence-corrected chi connectivity index (χ0v) is 11.1. The highest BCUT2D eigenvalue weighted by Crippen LogP contribution is 2.21. The minimum atomic E-state index is -0.0801.